The Hall–Kier alpha value is -2.04. The van der Waals surface area contributed by atoms with Gasteiger partial charge in [-0.25, -0.2) is 0 Å². The quantitative estimate of drug-likeness (QED) is 0.729. The van der Waals surface area contributed by atoms with Gasteiger partial charge in [0.05, 0.1) is 11.7 Å². The lowest BCUT2D eigenvalue weighted by molar-refractivity contribution is -0.0266. The summed E-state index contributed by atoms with van der Waals surface area (Å²) in [4.78, 5) is 2.44. The van der Waals surface area contributed by atoms with E-state index in [1.807, 2.05) is 38.1 Å². The Labute approximate surface area is 163 Å². The summed E-state index contributed by atoms with van der Waals surface area (Å²) in [7, 11) is 0. The molecule has 0 radical (unpaired) electrons. The van der Waals surface area contributed by atoms with Crippen molar-refractivity contribution in [2.75, 3.05) is 25.0 Å². The summed E-state index contributed by atoms with van der Waals surface area (Å²) < 4.78 is 5.67. The van der Waals surface area contributed by atoms with Crippen LogP contribution < -0.4 is 10.1 Å². The molecule has 0 bridgehead atoms. The first-order valence-corrected chi connectivity index (χ1v) is 10.0. The van der Waals surface area contributed by atoms with Crippen LogP contribution in [0.5, 0.6) is 5.75 Å². The van der Waals surface area contributed by atoms with E-state index in [9.17, 15) is 5.11 Å². The minimum atomic E-state index is -0.555. The molecule has 146 valence electrons. The van der Waals surface area contributed by atoms with Crippen LogP contribution in [0.15, 0.2) is 54.6 Å². The zero-order valence-corrected chi connectivity index (χ0v) is 16.5. The molecule has 1 aliphatic rings. The molecular weight excluding hydrogens is 336 g/mol. The second kappa shape index (κ2) is 9.25. The van der Waals surface area contributed by atoms with Crippen molar-refractivity contribution in [3.05, 3.63) is 60.2 Å². The summed E-state index contributed by atoms with van der Waals surface area (Å²) in [6.07, 6.45) is 2.63. The summed E-state index contributed by atoms with van der Waals surface area (Å²) in [6, 6.07) is 18.6. The van der Waals surface area contributed by atoms with Crippen LogP contribution in [0.25, 0.3) is 0 Å². The monoisotopic (exact) mass is 368 g/mol. The number of likely N-dealkylation sites (tertiary alicyclic amines) is 1. The minimum absolute atomic E-state index is 0.186. The van der Waals surface area contributed by atoms with E-state index in [2.05, 4.69) is 40.5 Å². The fraction of sp³-hybridized carbons (Fsp3) is 0.478. The van der Waals surface area contributed by atoms with Crippen LogP contribution >= 0.6 is 0 Å². The van der Waals surface area contributed by atoms with Crippen LogP contribution in [-0.2, 0) is 6.54 Å². The van der Waals surface area contributed by atoms with Gasteiger partial charge in [0.25, 0.3) is 0 Å². The van der Waals surface area contributed by atoms with Gasteiger partial charge in [0.15, 0.2) is 0 Å². The SMILES string of the molecule is CC(C)Oc1ccc(NCCC2(O)CCN(Cc3ccccc3)CC2)cc1. The molecule has 0 atom stereocenters. The molecule has 2 aromatic rings. The first kappa shape index (κ1) is 19.7. The zero-order chi connectivity index (χ0) is 19.1. The van der Waals surface area contributed by atoms with Crippen molar-refractivity contribution in [1.82, 2.24) is 4.90 Å². The van der Waals surface area contributed by atoms with E-state index in [4.69, 9.17) is 4.74 Å². The van der Waals surface area contributed by atoms with E-state index < -0.39 is 5.60 Å². The third-order valence-electron chi connectivity index (χ3n) is 5.18. The highest BCUT2D eigenvalue weighted by Gasteiger charge is 2.31. The van der Waals surface area contributed by atoms with E-state index in [0.29, 0.717) is 0 Å². The van der Waals surface area contributed by atoms with Crippen LogP contribution in [0.1, 0.15) is 38.7 Å². The van der Waals surface area contributed by atoms with Crippen molar-refractivity contribution in [1.29, 1.82) is 0 Å². The molecule has 4 heteroatoms. The lowest BCUT2D eigenvalue weighted by Gasteiger charge is -2.38. The largest absolute Gasteiger partial charge is 0.491 e. The lowest BCUT2D eigenvalue weighted by atomic mass is 9.88. The number of hydrogen-bond acceptors (Lipinski definition) is 4. The second-order valence-corrected chi connectivity index (χ2v) is 7.85. The normalized spacial score (nSPS) is 17.0. The number of aliphatic hydroxyl groups is 1. The molecule has 1 fully saturated rings. The topological polar surface area (TPSA) is 44.7 Å². The number of benzene rings is 2. The average molecular weight is 369 g/mol. The second-order valence-electron chi connectivity index (χ2n) is 7.85. The third kappa shape index (κ3) is 6.26. The first-order valence-electron chi connectivity index (χ1n) is 10.0. The van der Waals surface area contributed by atoms with Gasteiger partial charge in [-0.1, -0.05) is 30.3 Å². The van der Waals surface area contributed by atoms with Crippen molar-refractivity contribution < 1.29 is 9.84 Å². The van der Waals surface area contributed by atoms with Gasteiger partial charge in [-0.2, -0.15) is 0 Å². The van der Waals surface area contributed by atoms with E-state index >= 15 is 0 Å². The van der Waals surface area contributed by atoms with Crippen LogP contribution in [0.4, 0.5) is 5.69 Å². The smallest absolute Gasteiger partial charge is 0.119 e. The van der Waals surface area contributed by atoms with E-state index in [-0.39, 0.29) is 6.10 Å². The third-order valence-corrected chi connectivity index (χ3v) is 5.18. The molecule has 1 saturated heterocycles. The maximum Gasteiger partial charge on any atom is 0.119 e. The highest BCUT2D eigenvalue weighted by molar-refractivity contribution is 5.46. The Balaban J connectivity index is 1.39. The van der Waals surface area contributed by atoms with E-state index in [0.717, 1.165) is 56.9 Å². The predicted molar refractivity (Wildman–Crippen MR) is 111 cm³/mol. The maximum absolute atomic E-state index is 10.9. The zero-order valence-electron chi connectivity index (χ0n) is 16.5. The first-order chi connectivity index (χ1) is 13.0. The highest BCUT2D eigenvalue weighted by Crippen LogP contribution is 2.27. The van der Waals surface area contributed by atoms with Gasteiger partial charge >= 0.3 is 0 Å². The molecule has 3 rings (SSSR count). The number of nitrogens with zero attached hydrogens (tertiary/aromatic N) is 1. The van der Waals surface area contributed by atoms with Crippen molar-refractivity contribution in [2.45, 2.75) is 51.4 Å². The summed E-state index contributed by atoms with van der Waals surface area (Å²) in [5.41, 5.74) is 1.85. The van der Waals surface area contributed by atoms with Crippen LogP contribution in [0.3, 0.4) is 0 Å². The Morgan fingerprint density at radius 2 is 1.70 bits per heavy atom. The molecule has 1 aliphatic heterocycles. The van der Waals surface area contributed by atoms with Gasteiger partial charge in [-0.15, -0.1) is 0 Å². The Morgan fingerprint density at radius 3 is 2.33 bits per heavy atom. The molecule has 4 nitrogen and oxygen atoms in total. The number of hydrogen-bond donors (Lipinski definition) is 2. The van der Waals surface area contributed by atoms with Crippen molar-refractivity contribution in [3.63, 3.8) is 0 Å². The summed E-state index contributed by atoms with van der Waals surface area (Å²) in [5, 5.41) is 14.3. The van der Waals surface area contributed by atoms with Crippen LogP contribution in [0.2, 0.25) is 0 Å². The molecule has 27 heavy (non-hydrogen) atoms. The summed E-state index contributed by atoms with van der Waals surface area (Å²) in [6.45, 7) is 7.70. The van der Waals surface area contributed by atoms with Crippen LogP contribution in [0, 0.1) is 0 Å². The number of anilines is 1. The summed E-state index contributed by atoms with van der Waals surface area (Å²) in [5.74, 6) is 0.889. The van der Waals surface area contributed by atoms with Gasteiger partial charge in [-0.05, 0) is 62.9 Å². The van der Waals surface area contributed by atoms with Gasteiger partial charge in [-0.3, -0.25) is 4.90 Å². The van der Waals surface area contributed by atoms with Crippen molar-refractivity contribution in [2.24, 2.45) is 0 Å². The Kier molecular flexibility index (Phi) is 6.75. The molecule has 0 spiro atoms. The number of nitrogens with one attached hydrogen (secondary N) is 1. The molecule has 0 aliphatic carbocycles. The molecule has 1 heterocycles. The van der Waals surface area contributed by atoms with Crippen molar-refractivity contribution in [3.8, 4) is 5.75 Å². The highest BCUT2D eigenvalue weighted by atomic mass is 16.5. The Morgan fingerprint density at radius 1 is 1.04 bits per heavy atom. The molecule has 0 amide bonds. The molecular formula is C23H32N2O2. The number of ether oxygens (including phenoxy) is 1. The fourth-order valence-corrected chi connectivity index (χ4v) is 3.58. The van der Waals surface area contributed by atoms with E-state index in [1.54, 1.807) is 0 Å². The lowest BCUT2D eigenvalue weighted by Crippen LogP contribution is -2.44. The standard InChI is InChI=1S/C23H32N2O2/c1-19(2)27-22-10-8-21(9-11-22)24-15-12-23(26)13-16-25(17-14-23)18-20-6-4-3-5-7-20/h3-11,19,24,26H,12-18H2,1-2H3. The van der Waals surface area contributed by atoms with Crippen molar-refractivity contribution >= 4 is 5.69 Å². The minimum Gasteiger partial charge on any atom is -0.491 e. The Bertz CT molecular complexity index is 677. The van der Waals surface area contributed by atoms with E-state index in [1.165, 1.54) is 5.56 Å². The predicted octanol–water partition coefficient (Wildman–Crippen LogP) is 4.30. The van der Waals surface area contributed by atoms with Gasteiger partial charge in [0, 0.05) is 31.9 Å². The maximum atomic E-state index is 10.9. The van der Waals surface area contributed by atoms with Crippen LogP contribution in [-0.4, -0.2) is 41.3 Å². The summed E-state index contributed by atoms with van der Waals surface area (Å²) >= 11 is 0. The molecule has 2 N–H and O–H groups in total. The molecule has 2 aromatic carbocycles. The fourth-order valence-electron chi connectivity index (χ4n) is 3.58. The molecule has 0 aromatic heterocycles. The van der Waals surface area contributed by atoms with Gasteiger partial charge < -0.3 is 15.2 Å². The van der Waals surface area contributed by atoms with Gasteiger partial charge in [0.1, 0.15) is 5.75 Å². The molecule has 0 saturated carbocycles. The average Bonchev–Trinajstić information content (AvgIpc) is 2.66. The number of piperidine rings is 1. The molecule has 0 unspecified atom stereocenters. The van der Waals surface area contributed by atoms with Gasteiger partial charge in [0.2, 0.25) is 0 Å². The number of rotatable bonds is 8.